The highest BCUT2D eigenvalue weighted by Crippen LogP contribution is 2.31. The Hall–Kier alpha value is -3.00. The Kier molecular flexibility index (Phi) is 13.0. The minimum atomic E-state index is -0.0297. The number of benzene rings is 3. The zero-order chi connectivity index (χ0) is 31.7. The van der Waals surface area contributed by atoms with Crippen LogP contribution in [-0.2, 0) is 12.8 Å². The summed E-state index contributed by atoms with van der Waals surface area (Å²) in [6.07, 6.45) is 4.30. The molecule has 0 saturated heterocycles. The van der Waals surface area contributed by atoms with E-state index in [1.165, 1.54) is 33.0 Å². The maximum atomic E-state index is 4.57. The molecule has 1 unspecified atom stereocenters. The number of nitrogens with zero attached hydrogens (tertiary/aromatic N) is 1. The van der Waals surface area contributed by atoms with E-state index in [4.69, 9.17) is 0 Å². The second-order valence-corrected chi connectivity index (χ2v) is 14.7. The lowest BCUT2D eigenvalue weighted by Crippen LogP contribution is -2.40. The Morgan fingerprint density at radius 3 is 1.88 bits per heavy atom. The molecule has 3 aromatic rings. The molecule has 0 bridgehead atoms. The van der Waals surface area contributed by atoms with Gasteiger partial charge in [0.25, 0.3) is 0 Å². The highest BCUT2D eigenvalue weighted by atomic mass is 15.2. The fourth-order valence-corrected chi connectivity index (χ4v) is 5.40. The van der Waals surface area contributed by atoms with E-state index < -0.39 is 0 Å². The number of rotatable bonds is 11. The fraction of sp³-hybridized carbons (Fsp3) is 0.500. The molecule has 0 fully saturated rings. The number of aryl methyl sites for hydroxylation is 1. The van der Waals surface area contributed by atoms with Crippen LogP contribution in [0.5, 0.6) is 0 Å². The average Bonchev–Trinajstić information content (AvgIpc) is 2.88. The van der Waals surface area contributed by atoms with Gasteiger partial charge >= 0.3 is 0 Å². The van der Waals surface area contributed by atoms with Gasteiger partial charge in [-0.05, 0) is 107 Å². The third-order valence-electron chi connectivity index (χ3n) is 7.21. The molecular weight excluding hydrogens is 508 g/mol. The van der Waals surface area contributed by atoms with Crippen molar-refractivity contribution >= 4 is 22.2 Å². The van der Waals surface area contributed by atoms with Gasteiger partial charge < -0.3 is 10.2 Å². The molecule has 2 nitrogen and oxygen atoms in total. The molecule has 1 N–H and O–H groups in total. The Morgan fingerprint density at radius 1 is 0.786 bits per heavy atom. The van der Waals surface area contributed by atoms with E-state index in [1.807, 2.05) is 0 Å². The molecule has 0 aromatic heterocycles. The summed E-state index contributed by atoms with van der Waals surface area (Å²) in [5, 5.41) is 6.17. The molecule has 2 heteroatoms. The molecule has 0 aliphatic rings. The topological polar surface area (TPSA) is 15.3 Å². The van der Waals surface area contributed by atoms with Gasteiger partial charge in [0, 0.05) is 40.1 Å². The molecule has 0 aliphatic carbocycles. The van der Waals surface area contributed by atoms with Crippen molar-refractivity contribution in [3.63, 3.8) is 0 Å². The predicted octanol–water partition coefficient (Wildman–Crippen LogP) is 11.2. The standard InChI is InChI=1S/C36H50N2.C4H10/c1-11-22-38(36(8,9)10)28(4)33-19-15-14-18-31(33)23-26(2)20-21-32-24-29-16-12-13-17-30(29)25-34(32)27(3)37-35(5,6)7;1-4(2)3/h12-19,24-26,37H,3-4,11,20-23H2,1-2,5-10H3;4H,1-3H3. The first kappa shape index (κ1) is 35.2. The molecule has 42 heavy (non-hydrogen) atoms. The lowest BCUT2D eigenvalue weighted by atomic mass is 9.88. The van der Waals surface area contributed by atoms with Gasteiger partial charge in [-0.25, -0.2) is 0 Å². The number of hydrogen-bond acceptors (Lipinski definition) is 2. The van der Waals surface area contributed by atoms with Crippen LogP contribution in [0.3, 0.4) is 0 Å². The van der Waals surface area contributed by atoms with Crippen LogP contribution < -0.4 is 5.32 Å². The van der Waals surface area contributed by atoms with Gasteiger partial charge in [0.2, 0.25) is 0 Å². The molecule has 0 heterocycles. The number of hydrogen-bond donors (Lipinski definition) is 1. The number of fused-ring (bicyclic) bond motifs is 1. The maximum Gasteiger partial charge on any atom is 0.0373 e. The molecular formula is C40H60N2. The summed E-state index contributed by atoms with van der Waals surface area (Å²) in [5.41, 5.74) is 7.45. The maximum absolute atomic E-state index is 4.57. The van der Waals surface area contributed by atoms with Gasteiger partial charge in [-0.3, -0.25) is 0 Å². The fourth-order valence-electron chi connectivity index (χ4n) is 5.40. The summed E-state index contributed by atoms with van der Waals surface area (Å²) in [5.74, 6) is 1.38. The Balaban J connectivity index is 0.00000144. The van der Waals surface area contributed by atoms with Gasteiger partial charge in [0.15, 0.2) is 0 Å². The van der Waals surface area contributed by atoms with E-state index in [-0.39, 0.29) is 11.1 Å². The van der Waals surface area contributed by atoms with Gasteiger partial charge in [0.05, 0.1) is 0 Å². The second kappa shape index (κ2) is 15.5. The van der Waals surface area contributed by atoms with Crippen LogP contribution in [-0.4, -0.2) is 22.5 Å². The van der Waals surface area contributed by atoms with Crippen LogP contribution in [0.1, 0.15) is 111 Å². The molecule has 0 saturated carbocycles. The predicted molar refractivity (Wildman–Crippen MR) is 190 cm³/mol. The smallest absolute Gasteiger partial charge is 0.0373 e. The van der Waals surface area contributed by atoms with Gasteiger partial charge in [0.1, 0.15) is 0 Å². The van der Waals surface area contributed by atoms with Crippen molar-refractivity contribution < 1.29 is 0 Å². The number of nitrogens with one attached hydrogen (secondary N) is 1. The minimum Gasteiger partial charge on any atom is -0.380 e. The quantitative estimate of drug-likeness (QED) is 0.247. The summed E-state index contributed by atoms with van der Waals surface area (Å²) in [7, 11) is 0. The zero-order valence-electron chi connectivity index (χ0n) is 28.8. The second-order valence-electron chi connectivity index (χ2n) is 14.7. The van der Waals surface area contributed by atoms with Crippen molar-refractivity contribution in [3.05, 3.63) is 96.1 Å². The first-order chi connectivity index (χ1) is 19.5. The van der Waals surface area contributed by atoms with Gasteiger partial charge in [-0.1, -0.05) is 102 Å². The van der Waals surface area contributed by atoms with Crippen LogP contribution in [0.15, 0.2) is 73.8 Å². The van der Waals surface area contributed by atoms with Crippen molar-refractivity contribution in [2.75, 3.05) is 6.54 Å². The first-order valence-electron chi connectivity index (χ1n) is 16.1. The Morgan fingerprint density at radius 2 is 1.33 bits per heavy atom. The molecule has 1 atom stereocenters. The van der Waals surface area contributed by atoms with E-state index in [1.54, 1.807) is 0 Å². The van der Waals surface area contributed by atoms with E-state index in [9.17, 15) is 0 Å². The summed E-state index contributed by atoms with van der Waals surface area (Å²) in [6.45, 7) is 34.6. The van der Waals surface area contributed by atoms with E-state index >= 15 is 0 Å². The van der Waals surface area contributed by atoms with Crippen LogP contribution in [0, 0.1) is 11.8 Å². The van der Waals surface area contributed by atoms with Crippen LogP contribution in [0.2, 0.25) is 0 Å². The molecule has 0 amide bonds. The molecule has 230 valence electrons. The highest BCUT2D eigenvalue weighted by Gasteiger charge is 2.24. The monoisotopic (exact) mass is 568 g/mol. The molecule has 0 spiro atoms. The SMILES string of the molecule is C=C(NC(C)(C)C)c1cc2ccccc2cc1CCC(C)Cc1ccccc1C(=C)N(CCC)C(C)(C)C.CC(C)C. The van der Waals surface area contributed by atoms with Gasteiger partial charge in [-0.15, -0.1) is 0 Å². The molecule has 3 aromatic carbocycles. The summed E-state index contributed by atoms with van der Waals surface area (Å²) >= 11 is 0. The van der Waals surface area contributed by atoms with Crippen LogP contribution in [0.4, 0.5) is 0 Å². The lowest BCUT2D eigenvalue weighted by molar-refractivity contribution is 0.222. The van der Waals surface area contributed by atoms with Crippen LogP contribution >= 0.6 is 0 Å². The van der Waals surface area contributed by atoms with Crippen molar-refractivity contribution in [1.82, 2.24) is 10.2 Å². The normalized spacial score (nSPS) is 12.5. The summed E-state index contributed by atoms with van der Waals surface area (Å²) in [4.78, 5) is 2.46. The third kappa shape index (κ3) is 11.0. The summed E-state index contributed by atoms with van der Waals surface area (Å²) < 4.78 is 0. The highest BCUT2D eigenvalue weighted by molar-refractivity contribution is 5.87. The lowest BCUT2D eigenvalue weighted by Gasteiger charge is -2.39. The van der Waals surface area contributed by atoms with Gasteiger partial charge in [-0.2, -0.15) is 0 Å². The largest absolute Gasteiger partial charge is 0.380 e. The van der Waals surface area contributed by atoms with E-state index in [0.29, 0.717) is 5.92 Å². The van der Waals surface area contributed by atoms with Crippen molar-refractivity contribution in [2.24, 2.45) is 11.8 Å². The summed E-state index contributed by atoms with van der Waals surface area (Å²) in [6, 6.07) is 22.2. The van der Waals surface area contributed by atoms with E-state index in [0.717, 1.165) is 49.5 Å². The zero-order valence-corrected chi connectivity index (χ0v) is 28.8. The van der Waals surface area contributed by atoms with Crippen molar-refractivity contribution in [1.29, 1.82) is 0 Å². The molecule has 3 rings (SSSR count). The Bertz CT molecular complexity index is 1300. The van der Waals surface area contributed by atoms with Crippen molar-refractivity contribution in [3.8, 4) is 0 Å². The van der Waals surface area contributed by atoms with E-state index in [2.05, 4.69) is 160 Å². The molecule has 0 aliphatic heterocycles. The average molecular weight is 569 g/mol. The molecule has 0 radical (unpaired) electrons. The van der Waals surface area contributed by atoms with Crippen molar-refractivity contribution in [2.45, 2.75) is 113 Å². The third-order valence-corrected chi connectivity index (χ3v) is 7.21. The Labute approximate surface area is 259 Å². The van der Waals surface area contributed by atoms with Crippen LogP contribution in [0.25, 0.3) is 22.2 Å². The minimum absolute atomic E-state index is 0.0297. The first-order valence-corrected chi connectivity index (χ1v) is 16.1.